The molecule has 1 aliphatic rings. The standard InChI is InChI=1S/C17H21BrN2O/c1-10-7-12-14(8-17(3,4)9-15(12)21)20(10)16-6-5-13(18)11(2)19-16/h5-7,15,21H,8-9H2,1-4H3. The molecule has 2 aromatic heterocycles. The summed E-state index contributed by atoms with van der Waals surface area (Å²) in [4.78, 5) is 4.69. The number of aliphatic hydroxyl groups excluding tert-OH is 1. The molecule has 1 aliphatic carbocycles. The van der Waals surface area contributed by atoms with Crippen LogP contribution in [0, 0.1) is 19.3 Å². The van der Waals surface area contributed by atoms with Gasteiger partial charge in [0.05, 0.1) is 11.8 Å². The van der Waals surface area contributed by atoms with E-state index in [1.54, 1.807) is 0 Å². The molecule has 0 fully saturated rings. The molecule has 0 aromatic carbocycles. The first-order chi connectivity index (χ1) is 9.78. The summed E-state index contributed by atoms with van der Waals surface area (Å²) in [7, 11) is 0. The highest BCUT2D eigenvalue weighted by Gasteiger charge is 2.34. The number of hydrogen-bond donors (Lipinski definition) is 1. The van der Waals surface area contributed by atoms with E-state index < -0.39 is 0 Å². The van der Waals surface area contributed by atoms with Gasteiger partial charge in [-0.3, -0.25) is 0 Å². The van der Waals surface area contributed by atoms with Crippen molar-refractivity contribution in [2.24, 2.45) is 5.41 Å². The van der Waals surface area contributed by atoms with E-state index in [-0.39, 0.29) is 11.5 Å². The predicted molar refractivity (Wildman–Crippen MR) is 87.8 cm³/mol. The second-order valence-electron chi connectivity index (χ2n) is 6.82. The maximum Gasteiger partial charge on any atom is 0.137 e. The van der Waals surface area contributed by atoms with Crippen molar-refractivity contribution in [2.75, 3.05) is 0 Å². The van der Waals surface area contributed by atoms with Crippen molar-refractivity contribution < 1.29 is 5.11 Å². The highest BCUT2D eigenvalue weighted by molar-refractivity contribution is 9.10. The molecule has 1 atom stereocenters. The van der Waals surface area contributed by atoms with E-state index in [9.17, 15) is 5.11 Å². The molecule has 0 bridgehead atoms. The molecular weight excluding hydrogens is 328 g/mol. The number of hydrogen-bond acceptors (Lipinski definition) is 2. The van der Waals surface area contributed by atoms with Crippen LogP contribution in [0.5, 0.6) is 0 Å². The van der Waals surface area contributed by atoms with Gasteiger partial charge >= 0.3 is 0 Å². The summed E-state index contributed by atoms with van der Waals surface area (Å²) in [5, 5.41) is 10.4. The zero-order valence-electron chi connectivity index (χ0n) is 12.9. The number of rotatable bonds is 1. The first-order valence-electron chi connectivity index (χ1n) is 7.31. The molecule has 3 rings (SSSR count). The van der Waals surface area contributed by atoms with Crippen LogP contribution < -0.4 is 0 Å². The van der Waals surface area contributed by atoms with E-state index in [2.05, 4.69) is 47.3 Å². The summed E-state index contributed by atoms with van der Waals surface area (Å²) < 4.78 is 3.21. The predicted octanol–water partition coefficient (Wildman–Crippen LogP) is 4.26. The van der Waals surface area contributed by atoms with Crippen LogP contribution in [0.1, 0.15) is 49.0 Å². The third-order valence-corrected chi connectivity index (χ3v) is 5.15. The van der Waals surface area contributed by atoms with E-state index in [1.807, 2.05) is 19.1 Å². The van der Waals surface area contributed by atoms with Crippen LogP contribution >= 0.6 is 15.9 Å². The lowest BCUT2D eigenvalue weighted by atomic mass is 9.75. The summed E-state index contributed by atoms with van der Waals surface area (Å²) >= 11 is 3.50. The van der Waals surface area contributed by atoms with Crippen molar-refractivity contribution in [3.05, 3.63) is 45.3 Å². The minimum atomic E-state index is -0.375. The molecule has 0 amide bonds. The fraction of sp³-hybridized carbons (Fsp3) is 0.471. The zero-order valence-corrected chi connectivity index (χ0v) is 14.5. The number of aryl methyl sites for hydroxylation is 2. The van der Waals surface area contributed by atoms with E-state index in [1.165, 1.54) is 5.69 Å². The SMILES string of the molecule is Cc1nc(-n2c(C)cc3c2CC(C)(C)CC3O)ccc1Br. The van der Waals surface area contributed by atoms with Crippen LogP contribution in [0.4, 0.5) is 0 Å². The molecule has 112 valence electrons. The zero-order chi connectivity index (χ0) is 15.4. The Kier molecular flexibility index (Phi) is 3.49. The van der Waals surface area contributed by atoms with Gasteiger partial charge in [0.2, 0.25) is 0 Å². The van der Waals surface area contributed by atoms with Crippen LogP contribution in [-0.4, -0.2) is 14.7 Å². The Morgan fingerprint density at radius 3 is 2.71 bits per heavy atom. The Morgan fingerprint density at radius 1 is 1.33 bits per heavy atom. The smallest absolute Gasteiger partial charge is 0.137 e. The minimum Gasteiger partial charge on any atom is -0.388 e. The van der Waals surface area contributed by atoms with Crippen LogP contribution in [0.15, 0.2) is 22.7 Å². The second kappa shape index (κ2) is 4.96. The first kappa shape index (κ1) is 14.8. The van der Waals surface area contributed by atoms with Gasteiger partial charge in [-0.25, -0.2) is 4.98 Å². The van der Waals surface area contributed by atoms with Gasteiger partial charge in [-0.2, -0.15) is 0 Å². The number of aromatic nitrogens is 2. The molecule has 0 saturated carbocycles. The van der Waals surface area contributed by atoms with E-state index >= 15 is 0 Å². The third-order valence-electron chi connectivity index (χ3n) is 4.31. The number of pyridine rings is 1. The van der Waals surface area contributed by atoms with Crippen LogP contribution in [-0.2, 0) is 6.42 Å². The average Bonchev–Trinajstić information content (AvgIpc) is 2.68. The fourth-order valence-electron chi connectivity index (χ4n) is 3.32. The van der Waals surface area contributed by atoms with E-state index in [0.29, 0.717) is 0 Å². The van der Waals surface area contributed by atoms with Crippen molar-refractivity contribution in [1.29, 1.82) is 0 Å². The maximum atomic E-state index is 10.4. The lowest BCUT2D eigenvalue weighted by molar-refractivity contribution is 0.0986. The molecule has 0 aliphatic heterocycles. The summed E-state index contributed by atoms with van der Waals surface area (Å²) in [5.41, 5.74) is 4.48. The summed E-state index contributed by atoms with van der Waals surface area (Å²) in [6.45, 7) is 8.51. The van der Waals surface area contributed by atoms with Crippen molar-refractivity contribution in [3.8, 4) is 5.82 Å². The molecule has 4 heteroatoms. The largest absolute Gasteiger partial charge is 0.388 e. The number of aliphatic hydroxyl groups is 1. The van der Waals surface area contributed by atoms with Crippen LogP contribution in [0.3, 0.4) is 0 Å². The Hall–Kier alpha value is -1.13. The van der Waals surface area contributed by atoms with Gasteiger partial charge in [0, 0.05) is 21.4 Å². The third kappa shape index (κ3) is 2.55. The van der Waals surface area contributed by atoms with E-state index in [4.69, 9.17) is 4.98 Å². The van der Waals surface area contributed by atoms with Gasteiger partial charge < -0.3 is 9.67 Å². The molecule has 0 saturated heterocycles. The van der Waals surface area contributed by atoms with Gasteiger partial charge in [0.25, 0.3) is 0 Å². The van der Waals surface area contributed by atoms with Crippen LogP contribution in [0.25, 0.3) is 5.82 Å². The first-order valence-corrected chi connectivity index (χ1v) is 8.10. The molecule has 3 nitrogen and oxygen atoms in total. The molecular formula is C17H21BrN2O. The molecule has 2 heterocycles. The van der Waals surface area contributed by atoms with Crippen molar-refractivity contribution in [2.45, 2.75) is 46.6 Å². The second-order valence-corrected chi connectivity index (χ2v) is 7.68. The lowest BCUT2D eigenvalue weighted by Crippen LogP contribution is -2.26. The molecule has 2 aromatic rings. The van der Waals surface area contributed by atoms with Crippen LogP contribution in [0.2, 0.25) is 0 Å². The number of fused-ring (bicyclic) bond motifs is 1. The van der Waals surface area contributed by atoms with Gasteiger partial charge in [0.1, 0.15) is 5.82 Å². The topological polar surface area (TPSA) is 38.0 Å². The number of nitrogens with zero attached hydrogens (tertiary/aromatic N) is 2. The summed E-state index contributed by atoms with van der Waals surface area (Å²) in [5.74, 6) is 0.930. The van der Waals surface area contributed by atoms with Gasteiger partial charge in [-0.05, 0) is 66.2 Å². The monoisotopic (exact) mass is 348 g/mol. The lowest BCUT2D eigenvalue weighted by Gasteiger charge is -2.33. The van der Waals surface area contributed by atoms with Crippen molar-refractivity contribution in [1.82, 2.24) is 9.55 Å². The quantitative estimate of drug-likeness (QED) is 0.836. The van der Waals surface area contributed by atoms with Crippen molar-refractivity contribution in [3.63, 3.8) is 0 Å². The Balaban J connectivity index is 2.18. The Bertz CT molecular complexity index is 703. The van der Waals surface area contributed by atoms with E-state index in [0.717, 1.165) is 40.1 Å². The van der Waals surface area contributed by atoms with Crippen molar-refractivity contribution >= 4 is 15.9 Å². The summed E-state index contributed by atoms with van der Waals surface area (Å²) in [6.07, 6.45) is 1.40. The Morgan fingerprint density at radius 2 is 2.05 bits per heavy atom. The van der Waals surface area contributed by atoms with Gasteiger partial charge in [-0.15, -0.1) is 0 Å². The number of halogens is 1. The average molecular weight is 349 g/mol. The van der Waals surface area contributed by atoms with Gasteiger partial charge in [-0.1, -0.05) is 13.8 Å². The fourth-order valence-corrected chi connectivity index (χ4v) is 3.54. The molecule has 1 N–H and O–H groups in total. The normalized spacial score (nSPS) is 20.4. The molecule has 0 radical (unpaired) electrons. The molecule has 1 unspecified atom stereocenters. The maximum absolute atomic E-state index is 10.4. The molecule has 21 heavy (non-hydrogen) atoms. The highest BCUT2D eigenvalue weighted by atomic mass is 79.9. The van der Waals surface area contributed by atoms with Gasteiger partial charge in [0.15, 0.2) is 0 Å². The molecule has 0 spiro atoms. The Labute approximate surface area is 134 Å². The summed E-state index contributed by atoms with van der Waals surface area (Å²) in [6, 6.07) is 6.17. The minimum absolute atomic E-state index is 0.110. The highest BCUT2D eigenvalue weighted by Crippen LogP contribution is 2.42.